The van der Waals surface area contributed by atoms with Gasteiger partial charge in [0.15, 0.2) is 0 Å². The molecular weight excluding hydrogens is 136 g/mol. The van der Waals surface area contributed by atoms with Crippen molar-refractivity contribution in [3.05, 3.63) is 0 Å². The van der Waals surface area contributed by atoms with Gasteiger partial charge in [0.1, 0.15) is 0 Å². The summed E-state index contributed by atoms with van der Waals surface area (Å²) >= 11 is 0. The first-order chi connectivity index (χ1) is 3.41. The largest absolute Gasteiger partial charge is 0.326 e. The van der Waals surface area contributed by atoms with Gasteiger partial charge in [0.25, 0.3) is 0 Å². The Hall–Kier alpha value is -0.260. The minimum Gasteiger partial charge on any atom is -0.326 e. The molecule has 2 nitrogen and oxygen atoms in total. The van der Waals surface area contributed by atoms with E-state index in [2.05, 4.69) is 0 Å². The van der Waals surface area contributed by atoms with E-state index in [-0.39, 0.29) is 17.9 Å². The highest BCUT2D eigenvalue weighted by atomic mass is 35.5. The molecule has 0 saturated carbocycles. The number of nitriles is 1. The number of hydrogen-bond acceptors (Lipinski definition) is 2. The number of nitrogens with two attached hydrogens (primary N) is 1. The van der Waals surface area contributed by atoms with E-state index in [0.29, 0.717) is 0 Å². The maximum absolute atomic E-state index is 7.32. The van der Waals surface area contributed by atoms with Crippen LogP contribution in [0.3, 0.4) is 0 Å². The van der Waals surface area contributed by atoms with E-state index in [9.17, 15) is 0 Å². The highest BCUT2D eigenvalue weighted by Crippen LogP contribution is 1.88. The van der Waals surface area contributed by atoms with E-state index in [1.165, 1.54) is 6.92 Å². The number of halogens is 1. The zero-order chi connectivity index (χ0) is 7.21. The van der Waals surface area contributed by atoms with Crippen LogP contribution in [-0.4, -0.2) is 5.54 Å². The summed E-state index contributed by atoms with van der Waals surface area (Å²) in [6.45, 7) is 7.33. The molecule has 0 fully saturated rings. The lowest BCUT2D eigenvalue weighted by Crippen LogP contribution is -2.26. The standard InChI is InChI=1S/C4H11N.C2H3N.ClH/c1-4(2,3)5;1-2-3;/h5H2,1-3H3;1H3;1H. The SMILES string of the molecule is CC#N.CC(C)(C)N.Cl. The van der Waals surface area contributed by atoms with Crippen LogP contribution in [0.25, 0.3) is 0 Å². The molecule has 0 aliphatic carbocycles. The Kier molecular flexibility index (Phi) is 13.7. The Balaban J connectivity index is -0.0000000800. The molecule has 56 valence electrons. The van der Waals surface area contributed by atoms with Gasteiger partial charge in [-0.15, -0.1) is 12.4 Å². The minimum atomic E-state index is 0. The topological polar surface area (TPSA) is 49.8 Å². The second-order valence-corrected chi connectivity index (χ2v) is 2.59. The van der Waals surface area contributed by atoms with Gasteiger partial charge >= 0.3 is 0 Å². The van der Waals surface area contributed by atoms with Crippen molar-refractivity contribution >= 4 is 12.4 Å². The summed E-state index contributed by atoms with van der Waals surface area (Å²) < 4.78 is 0. The molecule has 2 N–H and O–H groups in total. The van der Waals surface area contributed by atoms with Gasteiger partial charge in [0, 0.05) is 12.5 Å². The molecule has 0 saturated heterocycles. The molecule has 0 heterocycles. The lowest BCUT2D eigenvalue weighted by atomic mass is 10.1. The van der Waals surface area contributed by atoms with Gasteiger partial charge < -0.3 is 5.73 Å². The maximum atomic E-state index is 7.32. The smallest absolute Gasteiger partial charge is 0.0587 e. The summed E-state index contributed by atoms with van der Waals surface area (Å²) in [5.41, 5.74) is 5.35. The highest BCUT2D eigenvalue weighted by molar-refractivity contribution is 5.85. The first-order valence-corrected chi connectivity index (χ1v) is 2.51. The van der Waals surface area contributed by atoms with Crippen molar-refractivity contribution in [1.29, 1.82) is 5.26 Å². The molecule has 0 aromatic carbocycles. The monoisotopic (exact) mass is 150 g/mol. The van der Waals surface area contributed by atoms with Crippen LogP contribution < -0.4 is 5.73 Å². The fourth-order valence-corrected chi connectivity index (χ4v) is 0. The van der Waals surface area contributed by atoms with Crippen LogP contribution in [0.5, 0.6) is 0 Å². The van der Waals surface area contributed by atoms with Crippen LogP contribution in [0.4, 0.5) is 0 Å². The second kappa shape index (κ2) is 7.74. The van der Waals surface area contributed by atoms with E-state index >= 15 is 0 Å². The molecule has 0 aliphatic heterocycles. The molecule has 0 rings (SSSR count). The molecule has 0 aromatic heterocycles. The summed E-state index contributed by atoms with van der Waals surface area (Å²) in [5.74, 6) is 0. The van der Waals surface area contributed by atoms with Gasteiger partial charge in [-0.25, -0.2) is 0 Å². The average Bonchev–Trinajstić information content (AvgIpc) is 1.27. The number of nitrogens with zero attached hydrogens (tertiary/aromatic N) is 1. The van der Waals surface area contributed by atoms with Gasteiger partial charge in [-0.05, 0) is 20.8 Å². The Morgan fingerprint density at radius 3 is 1.33 bits per heavy atom. The van der Waals surface area contributed by atoms with Crippen molar-refractivity contribution in [2.45, 2.75) is 33.2 Å². The minimum absolute atomic E-state index is 0. The van der Waals surface area contributed by atoms with E-state index in [1.807, 2.05) is 20.8 Å². The van der Waals surface area contributed by atoms with Crippen LogP contribution in [0, 0.1) is 11.3 Å². The third kappa shape index (κ3) is 3770. The summed E-state index contributed by atoms with van der Waals surface area (Å²) in [5, 5.41) is 7.32. The fourth-order valence-electron chi connectivity index (χ4n) is 0. The summed E-state index contributed by atoms with van der Waals surface area (Å²) in [4.78, 5) is 0. The zero-order valence-electron chi connectivity index (χ0n) is 6.43. The predicted octanol–water partition coefficient (Wildman–Crippen LogP) is 1.70. The fraction of sp³-hybridized carbons (Fsp3) is 0.833. The highest BCUT2D eigenvalue weighted by Gasteiger charge is 1.95. The van der Waals surface area contributed by atoms with Crippen molar-refractivity contribution in [2.24, 2.45) is 5.73 Å². The summed E-state index contributed by atoms with van der Waals surface area (Å²) in [7, 11) is 0. The third-order valence-electron chi connectivity index (χ3n) is 0. The van der Waals surface area contributed by atoms with Gasteiger partial charge in [-0.1, -0.05) is 0 Å². The first-order valence-electron chi connectivity index (χ1n) is 2.51. The predicted molar refractivity (Wildman–Crippen MR) is 42.5 cm³/mol. The number of rotatable bonds is 0. The summed E-state index contributed by atoms with van der Waals surface area (Å²) in [6, 6.07) is 1.75. The van der Waals surface area contributed by atoms with Crippen molar-refractivity contribution in [3.63, 3.8) is 0 Å². The van der Waals surface area contributed by atoms with Gasteiger partial charge in [0.05, 0.1) is 6.07 Å². The van der Waals surface area contributed by atoms with E-state index in [1.54, 1.807) is 6.07 Å². The van der Waals surface area contributed by atoms with Crippen molar-refractivity contribution in [1.82, 2.24) is 0 Å². The Labute approximate surface area is 63.5 Å². The molecule has 0 radical (unpaired) electrons. The molecule has 0 amide bonds. The normalized spacial score (nSPS) is 7.56. The molecule has 0 atom stereocenters. The molecule has 3 heteroatoms. The molecule has 9 heavy (non-hydrogen) atoms. The van der Waals surface area contributed by atoms with E-state index < -0.39 is 0 Å². The molecule has 0 aliphatic rings. The lowest BCUT2D eigenvalue weighted by Gasteiger charge is -2.06. The second-order valence-electron chi connectivity index (χ2n) is 2.59. The van der Waals surface area contributed by atoms with Crippen LogP contribution in [0.15, 0.2) is 0 Å². The average molecular weight is 151 g/mol. The molecule has 0 bridgehead atoms. The molecule has 0 spiro atoms. The van der Waals surface area contributed by atoms with Crippen LogP contribution in [0.2, 0.25) is 0 Å². The maximum Gasteiger partial charge on any atom is 0.0587 e. The van der Waals surface area contributed by atoms with Gasteiger partial charge in [-0.3, -0.25) is 0 Å². The van der Waals surface area contributed by atoms with E-state index in [4.69, 9.17) is 11.0 Å². The zero-order valence-corrected chi connectivity index (χ0v) is 7.25. The third-order valence-corrected chi connectivity index (χ3v) is 0. The Morgan fingerprint density at radius 1 is 1.33 bits per heavy atom. The van der Waals surface area contributed by atoms with Crippen molar-refractivity contribution in [2.75, 3.05) is 0 Å². The lowest BCUT2D eigenvalue weighted by molar-refractivity contribution is 0.580. The van der Waals surface area contributed by atoms with E-state index in [0.717, 1.165) is 0 Å². The summed E-state index contributed by atoms with van der Waals surface area (Å²) in [6.07, 6.45) is 0. The molecular formula is C6H15ClN2. The van der Waals surface area contributed by atoms with Crippen molar-refractivity contribution < 1.29 is 0 Å². The quantitative estimate of drug-likeness (QED) is 0.572. The van der Waals surface area contributed by atoms with Crippen molar-refractivity contribution in [3.8, 4) is 6.07 Å². The first kappa shape index (κ1) is 15.9. The Bertz CT molecular complexity index is 72.0. The molecule has 0 unspecified atom stereocenters. The van der Waals surface area contributed by atoms with Crippen LogP contribution in [0.1, 0.15) is 27.7 Å². The van der Waals surface area contributed by atoms with Gasteiger partial charge in [0.2, 0.25) is 0 Å². The Morgan fingerprint density at radius 2 is 1.33 bits per heavy atom. The van der Waals surface area contributed by atoms with Crippen LogP contribution >= 0.6 is 12.4 Å². The van der Waals surface area contributed by atoms with Gasteiger partial charge in [-0.2, -0.15) is 5.26 Å². The van der Waals surface area contributed by atoms with Crippen LogP contribution in [-0.2, 0) is 0 Å². The molecule has 0 aromatic rings. The number of hydrogen-bond donors (Lipinski definition) is 1.